The Hall–Kier alpha value is -2.18. The molecule has 26 heavy (non-hydrogen) atoms. The van der Waals surface area contributed by atoms with Crippen LogP contribution in [0.25, 0.3) is 0 Å². The van der Waals surface area contributed by atoms with Crippen LogP contribution < -0.4 is 10.2 Å². The zero-order valence-electron chi connectivity index (χ0n) is 14.8. The summed E-state index contributed by atoms with van der Waals surface area (Å²) in [5.41, 5.74) is 1.19. The number of hydrogen-bond donors (Lipinski definition) is 3. The molecule has 1 saturated heterocycles. The Morgan fingerprint density at radius 1 is 1.00 bits per heavy atom. The number of piperidine rings is 1. The van der Waals surface area contributed by atoms with Crippen molar-refractivity contribution in [2.24, 2.45) is 5.92 Å². The monoisotopic (exact) mass is 354 g/mol. The molecular weight excluding hydrogens is 328 g/mol. The topological polar surface area (TPSA) is 81.5 Å². The van der Waals surface area contributed by atoms with Gasteiger partial charge in [-0.2, -0.15) is 4.98 Å². The maximum atomic E-state index is 9.73. The van der Waals surface area contributed by atoms with E-state index in [9.17, 15) is 10.2 Å². The molecule has 2 aliphatic rings. The Morgan fingerprint density at radius 3 is 2.42 bits per heavy atom. The first-order chi connectivity index (χ1) is 12.7. The summed E-state index contributed by atoms with van der Waals surface area (Å²) in [6.07, 6.45) is 4.55. The van der Waals surface area contributed by atoms with Crippen LogP contribution in [0.15, 0.2) is 42.6 Å². The molecule has 1 saturated carbocycles. The summed E-state index contributed by atoms with van der Waals surface area (Å²) >= 11 is 0. The van der Waals surface area contributed by atoms with Crippen molar-refractivity contribution in [1.82, 2.24) is 9.97 Å². The summed E-state index contributed by atoms with van der Waals surface area (Å²) in [6.45, 7) is 1.63. The maximum absolute atomic E-state index is 9.73. The molecule has 6 heteroatoms. The van der Waals surface area contributed by atoms with E-state index in [0.29, 0.717) is 11.9 Å². The Bertz CT molecular complexity index is 713. The van der Waals surface area contributed by atoms with Gasteiger partial charge in [0.05, 0.1) is 18.2 Å². The molecular formula is C20H26N4O2. The lowest BCUT2D eigenvalue weighted by molar-refractivity contribution is 0.0338. The minimum absolute atomic E-state index is 0.0954. The van der Waals surface area contributed by atoms with Gasteiger partial charge in [-0.15, -0.1) is 0 Å². The zero-order chi connectivity index (χ0) is 17.9. The molecule has 6 nitrogen and oxygen atoms in total. The van der Waals surface area contributed by atoms with Gasteiger partial charge in [-0.3, -0.25) is 0 Å². The third-order valence-corrected chi connectivity index (χ3v) is 5.49. The molecule has 138 valence electrons. The van der Waals surface area contributed by atoms with Crippen molar-refractivity contribution in [2.75, 3.05) is 23.3 Å². The third kappa shape index (κ3) is 3.81. The van der Waals surface area contributed by atoms with Crippen molar-refractivity contribution in [1.29, 1.82) is 0 Å². The van der Waals surface area contributed by atoms with E-state index in [-0.39, 0.29) is 18.2 Å². The molecule has 1 aromatic heterocycles. The van der Waals surface area contributed by atoms with Crippen molar-refractivity contribution >= 4 is 11.8 Å². The first kappa shape index (κ1) is 17.2. The van der Waals surface area contributed by atoms with Crippen LogP contribution in [-0.2, 0) is 0 Å². The summed E-state index contributed by atoms with van der Waals surface area (Å²) in [5.74, 6) is 1.89. The van der Waals surface area contributed by atoms with Crippen LogP contribution in [-0.4, -0.2) is 45.5 Å². The second-order valence-corrected chi connectivity index (χ2v) is 7.37. The van der Waals surface area contributed by atoms with E-state index in [1.165, 1.54) is 5.56 Å². The van der Waals surface area contributed by atoms with Crippen LogP contribution in [0.2, 0.25) is 0 Å². The highest BCUT2D eigenvalue weighted by Crippen LogP contribution is 2.39. The van der Waals surface area contributed by atoms with Gasteiger partial charge in [0.15, 0.2) is 0 Å². The van der Waals surface area contributed by atoms with Crippen molar-refractivity contribution in [3.8, 4) is 0 Å². The Kier molecular flexibility index (Phi) is 5.04. The van der Waals surface area contributed by atoms with Gasteiger partial charge < -0.3 is 20.4 Å². The van der Waals surface area contributed by atoms with E-state index in [1.807, 2.05) is 24.3 Å². The lowest BCUT2D eigenvalue weighted by Gasteiger charge is -2.38. The molecule has 0 amide bonds. The third-order valence-electron chi connectivity index (χ3n) is 5.49. The number of hydrogen-bond acceptors (Lipinski definition) is 6. The Morgan fingerprint density at radius 2 is 1.73 bits per heavy atom. The van der Waals surface area contributed by atoms with E-state index in [2.05, 4.69) is 27.3 Å². The summed E-state index contributed by atoms with van der Waals surface area (Å²) in [5, 5.41) is 22.9. The van der Waals surface area contributed by atoms with E-state index in [1.54, 1.807) is 6.20 Å². The molecule has 1 aromatic carbocycles. The smallest absolute Gasteiger partial charge is 0.225 e. The van der Waals surface area contributed by atoms with Gasteiger partial charge in [0.2, 0.25) is 5.95 Å². The van der Waals surface area contributed by atoms with Gasteiger partial charge in [0.1, 0.15) is 5.82 Å². The lowest BCUT2D eigenvalue weighted by atomic mass is 9.75. The van der Waals surface area contributed by atoms with Crippen LogP contribution in [0.3, 0.4) is 0 Å². The second-order valence-electron chi connectivity index (χ2n) is 7.37. The predicted molar refractivity (Wildman–Crippen MR) is 101 cm³/mol. The molecule has 1 aliphatic heterocycles. The summed E-state index contributed by atoms with van der Waals surface area (Å²) in [7, 11) is 0. The average Bonchev–Trinajstić information content (AvgIpc) is 2.65. The first-order valence-corrected chi connectivity index (χ1v) is 9.44. The quantitative estimate of drug-likeness (QED) is 0.765. The van der Waals surface area contributed by atoms with Crippen molar-refractivity contribution in [2.45, 2.75) is 43.9 Å². The first-order valence-electron chi connectivity index (χ1n) is 9.44. The van der Waals surface area contributed by atoms with Gasteiger partial charge in [-0.1, -0.05) is 30.3 Å². The number of aliphatic hydroxyl groups excluding tert-OH is 2. The molecule has 2 aromatic rings. The van der Waals surface area contributed by atoms with E-state index >= 15 is 0 Å². The number of anilines is 2. The van der Waals surface area contributed by atoms with Crippen LogP contribution in [0.1, 0.15) is 37.3 Å². The van der Waals surface area contributed by atoms with Crippen molar-refractivity contribution in [3.05, 3.63) is 48.2 Å². The van der Waals surface area contributed by atoms with Gasteiger partial charge in [-0.25, -0.2) is 4.98 Å². The SMILES string of the molecule is OC1CCN(c2ccnc(N[C@@H](c3ccccc3)C3CC(O)C3)n2)CC1. The zero-order valence-corrected chi connectivity index (χ0v) is 14.8. The van der Waals surface area contributed by atoms with E-state index < -0.39 is 0 Å². The molecule has 4 rings (SSSR count). The fraction of sp³-hybridized carbons (Fsp3) is 0.500. The molecule has 0 bridgehead atoms. The lowest BCUT2D eigenvalue weighted by Crippen LogP contribution is -2.37. The van der Waals surface area contributed by atoms with E-state index in [0.717, 1.165) is 44.6 Å². The average molecular weight is 354 g/mol. The minimum Gasteiger partial charge on any atom is -0.393 e. The summed E-state index contributed by atoms with van der Waals surface area (Å²) in [4.78, 5) is 11.3. The summed E-state index contributed by atoms with van der Waals surface area (Å²) in [6, 6.07) is 12.3. The van der Waals surface area contributed by atoms with Crippen molar-refractivity contribution in [3.63, 3.8) is 0 Å². The number of nitrogens with zero attached hydrogens (tertiary/aromatic N) is 3. The fourth-order valence-electron chi connectivity index (χ4n) is 3.86. The van der Waals surface area contributed by atoms with Gasteiger partial charge in [-0.05, 0) is 43.2 Å². The maximum Gasteiger partial charge on any atom is 0.225 e. The number of rotatable bonds is 5. The van der Waals surface area contributed by atoms with Gasteiger partial charge in [0, 0.05) is 19.3 Å². The van der Waals surface area contributed by atoms with Crippen molar-refractivity contribution < 1.29 is 10.2 Å². The highest BCUT2D eigenvalue weighted by atomic mass is 16.3. The molecule has 0 unspecified atom stereocenters. The highest BCUT2D eigenvalue weighted by molar-refractivity contribution is 5.44. The normalized spacial score (nSPS) is 24.8. The fourth-order valence-corrected chi connectivity index (χ4v) is 3.86. The number of aromatic nitrogens is 2. The molecule has 0 spiro atoms. The molecule has 3 N–H and O–H groups in total. The van der Waals surface area contributed by atoms with Gasteiger partial charge >= 0.3 is 0 Å². The summed E-state index contributed by atoms with van der Waals surface area (Å²) < 4.78 is 0. The molecule has 2 fully saturated rings. The second kappa shape index (κ2) is 7.60. The number of benzene rings is 1. The standard InChI is InChI=1S/C20H26N4O2/c25-16-7-10-24(11-8-16)18-6-9-21-20(22-18)23-19(15-12-17(26)13-15)14-4-2-1-3-5-14/h1-6,9,15-17,19,25-26H,7-8,10-13H2,(H,21,22,23)/t15?,17?,19-/m0/s1. The van der Waals surface area contributed by atoms with Crippen LogP contribution >= 0.6 is 0 Å². The number of aliphatic hydroxyl groups is 2. The van der Waals surface area contributed by atoms with Crippen LogP contribution in [0, 0.1) is 5.92 Å². The predicted octanol–water partition coefficient (Wildman–Crippen LogP) is 2.36. The van der Waals surface area contributed by atoms with Crippen LogP contribution in [0.5, 0.6) is 0 Å². The molecule has 1 atom stereocenters. The van der Waals surface area contributed by atoms with Gasteiger partial charge in [0.25, 0.3) is 0 Å². The molecule has 2 heterocycles. The minimum atomic E-state index is -0.196. The van der Waals surface area contributed by atoms with Crippen LogP contribution in [0.4, 0.5) is 11.8 Å². The number of nitrogens with one attached hydrogen (secondary N) is 1. The molecule has 0 radical (unpaired) electrons. The molecule has 1 aliphatic carbocycles. The Balaban J connectivity index is 1.51. The highest BCUT2D eigenvalue weighted by Gasteiger charge is 2.35. The Labute approximate surface area is 153 Å². The van der Waals surface area contributed by atoms with E-state index in [4.69, 9.17) is 4.98 Å². The largest absolute Gasteiger partial charge is 0.393 e.